The van der Waals surface area contributed by atoms with Gasteiger partial charge in [-0.05, 0) is 45.7 Å². The van der Waals surface area contributed by atoms with E-state index in [4.69, 9.17) is 0 Å². The number of nitrogens with zero attached hydrogens (tertiary/aromatic N) is 4. The number of rotatable bonds is 5. The van der Waals surface area contributed by atoms with Crippen molar-refractivity contribution < 1.29 is 9.59 Å². The van der Waals surface area contributed by atoms with Gasteiger partial charge in [0.25, 0.3) is 5.91 Å². The Hall–Kier alpha value is -1.67. The smallest absolute Gasteiger partial charge is 0.273 e. The van der Waals surface area contributed by atoms with Gasteiger partial charge in [0.2, 0.25) is 5.91 Å². The van der Waals surface area contributed by atoms with E-state index in [0.717, 1.165) is 57.6 Å². The minimum absolute atomic E-state index is 0. The standard InChI is InChI=1S/C18H30N6O2.ClH/c1-14-17(21-22-24(14)15-6-9-19-10-7-15)18(26)20-11-8-16(25)23-12-4-2-3-5-13-23;/h15,19H,2-13H2,1H3,(H,20,26);1H. The largest absolute Gasteiger partial charge is 0.350 e. The Labute approximate surface area is 166 Å². The Morgan fingerprint density at radius 1 is 1.15 bits per heavy atom. The average molecular weight is 399 g/mol. The maximum Gasteiger partial charge on any atom is 0.273 e. The Bertz CT molecular complexity index is 621. The van der Waals surface area contributed by atoms with Crippen LogP contribution in [0.15, 0.2) is 0 Å². The summed E-state index contributed by atoms with van der Waals surface area (Å²) in [6, 6.07) is 0.301. The molecule has 3 heterocycles. The summed E-state index contributed by atoms with van der Waals surface area (Å²) in [5.74, 6) is -0.117. The number of likely N-dealkylation sites (tertiary alicyclic amines) is 1. The van der Waals surface area contributed by atoms with Gasteiger partial charge in [0.05, 0.1) is 11.7 Å². The fraction of sp³-hybridized carbons (Fsp3) is 0.778. The average Bonchev–Trinajstić information content (AvgIpc) is 2.86. The van der Waals surface area contributed by atoms with Gasteiger partial charge in [-0.2, -0.15) is 0 Å². The Kier molecular flexibility index (Phi) is 8.50. The van der Waals surface area contributed by atoms with E-state index >= 15 is 0 Å². The fourth-order valence-corrected chi connectivity index (χ4v) is 3.79. The van der Waals surface area contributed by atoms with Crippen LogP contribution in [-0.4, -0.2) is 64.4 Å². The molecule has 0 radical (unpaired) electrons. The molecule has 0 aromatic carbocycles. The SMILES string of the molecule is Cc1c(C(=O)NCCC(=O)N2CCCCCC2)nnn1C1CCNCC1.Cl. The number of carbonyl (C=O) groups is 2. The van der Waals surface area contributed by atoms with Crippen molar-refractivity contribution in [3.63, 3.8) is 0 Å². The lowest BCUT2D eigenvalue weighted by atomic mass is 10.1. The van der Waals surface area contributed by atoms with Crippen LogP contribution in [0.25, 0.3) is 0 Å². The summed E-state index contributed by atoms with van der Waals surface area (Å²) in [6.45, 7) is 5.84. The van der Waals surface area contributed by atoms with Gasteiger partial charge in [-0.15, -0.1) is 17.5 Å². The van der Waals surface area contributed by atoms with Crippen molar-refractivity contribution in [1.29, 1.82) is 0 Å². The number of carbonyl (C=O) groups excluding carboxylic acids is 2. The zero-order valence-corrected chi connectivity index (χ0v) is 16.9. The highest BCUT2D eigenvalue weighted by molar-refractivity contribution is 5.93. The van der Waals surface area contributed by atoms with Crippen LogP contribution in [-0.2, 0) is 4.79 Å². The van der Waals surface area contributed by atoms with Crippen molar-refractivity contribution in [2.75, 3.05) is 32.7 Å². The summed E-state index contributed by atoms with van der Waals surface area (Å²) in [5, 5.41) is 14.4. The molecule has 0 saturated carbocycles. The quantitative estimate of drug-likeness (QED) is 0.783. The van der Waals surface area contributed by atoms with Gasteiger partial charge in [0.1, 0.15) is 0 Å². The molecule has 2 aliphatic heterocycles. The lowest BCUT2D eigenvalue weighted by Gasteiger charge is -2.23. The van der Waals surface area contributed by atoms with Crippen LogP contribution in [0.4, 0.5) is 0 Å². The van der Waals surface area contributed by atoms with E-state index < -0.39 is 0 Å². The van der Waals surface area contributed by atoms with Crippen LogP contribution in [0.5, 0.6) is 0 Å². The van der Waals surface area contributed by atoms with Gasteiger partial charge in [0.15, 0.2) is 5.69 Å². The second-order valence-electron chi connectivity index (χ2n) is 7.25. The van der Waals surface area contributed by atoms with E-state index in [1.54, 1.807) is 0 Å². The highest BCUT2D eigenvalue weighted by Crippen LogP contribution is 2.20. The topological polar surface area (TPSA) is 92.2 Å². The van der Waals surface area contributed by atoms with E-state index in [-0.39, 0.29) is 24.2 Å². The third kappa shape index (κ3) is 5.65. The molecule has 8 nitrogen and oxygen atoms in total. The molecule has 0 aliphatic carbocycles. The van der Waals surface area contributed by atoms with E-state index in [1.807, 2.05) is 16.5 Å². The van der Waals surface area contributed by atoms with E-state index in [0.29, 0.717) is 24.7 Å². The van der Waals surface area contributed by atoms with Gasteiger partial charge >= 0.3 is 0 Å². The molecule has 1 aromatic rings. The van der Waals surface area contributed by atoms with Crippen molar-refractivity contribution in [1.82, 2.24) is 30.5 Å². The molecule has 9 heteroatoms. The second kappa shape index (κ2) is 10.6. The summed E-state index contributed by atoms with van der Waals surface area (Å²) in [7, 11) is 0. The minimum atomic E-state index is -0.244. The molecular formula is C18H31ClN6O2. The number of piperidine rings is 1. The number of amides is 2. The summed E-state index contributed by atoms with van der Waals surface area (Å²) in [5.41, 5.74) is 1.17. The van der Waals surface area contributed by atoms with Crippen LogP contribution < -0.4 is 10.6 Å². The summed E-state index contributed by atoms with van der Waals surface area (Å²) in [4.78, 5) is 26.6. The predicted molar refractivity (Wildman–Crippen MR) is 105 cm³/mol. The monoisotopic (exact) mass is 398 g/mol. The molecule has 152 valence electrons. The van der Waals surface area contributed by atoms with Crippen LogP contribution >= 0.6 is 12.4 Å². The molecule has 0 atom stereocenters. The first-order chi connectivity index (χ1) is 12.7. The number of halogens is 1. The molecule has 2 N–H and O–H groups in total. The Morgan fingerprint density at radius 2 is 1.81 bits per heavy atom. The van der Waals surface area contributed by atoms with Gasteiger partial charge in [-0.25, -0.2) is 4.68 Å². The summed E-state index contributed by atoms with van der Waals surface area (Å²) >= 11 is 0. The van der Waals surface area contributed by atoms with Crippen LogP contribution in [0.3, 0.4) is 0 Å². The van der Waals surface area contributed by atoms with Crippen molar-refractivity contribution >= 4 is 24.2 Å². The first-order valence-electron chi connectivity index (χ1n) is 9.85. The summed E-state index contributed by atoms with van der Waals surface area (Å²) in [6.07, 6.45) is 6.89. The van der Waals surface area contributed by atoms with Crippen LogP contribution in [0.1, 0.15) is 67.2 Å². The molecule has 0 unspecified atom stereocenters. The van der Waals surface area contributed by atoms with Crippen molar-refractivity contribution in [3.05, 3.63) is 11.4 Å². The highest BCUT2D eigenvalue weighted by atomic mass is 35.5. The van der Waals surface area contributed by atoms with Gasteiger partial charge < -0.3 is 15.5 Å². The first-order valence-corrected chi connectivity index (χ1v) is 9.85. The molecule has 3 rings (SSSR count). The molecule has 2 saturated heterocycles. The van der Waals surface area contributed by atoms with E-state index in [9.17, 15) is 9.59 Å². The van der Waals surface area contributed by atoms with Gasteiger partial charge in [0, 0.05) is 26.1 Å². The van der Waals surface area contributed by atoms with E-state index in [1.165, 1.54) is 12.8 Å². The number of hydrogen-bond acceptors (Lipinski definition) is 5. The molecule has 2 fully saturated rings. The maximum absolute atomic E-state index is 12.4. The number of hydrogen-bond donors (Lipinski definition) is 2. The van der Waals surface area contributed by atoms with Crippen molar-refractivity contribution in [2.45, 2.75) is 57.9 Å². The maximum atomic E-state index is 12.4. The van der Waals surface area contributed by atoms with Gasteiger partial charge in [-0.3, -0.25) is 9.59 Å². The Morgan fingerprint density at radius 3 is 2.48 bits per heavy atom. The van der Waals surface area contributed by atoms with Crippen molar-refractivity contribution in [3.8, 4) is 0 Å². The first kappa shape index (κ1) is 21.6. The zero-order chi connectivity index (χ0) is 18.4. The van der Waals surface area contributed by atoms with Crippen LogP contribution in [0, 0.1) is 6.92 Å². The molecular weight excluding hydrogens is 368 g/mol. The minimum Gasteiger partial charge on any atom is -0.350 e. The predicted octanol–water partition coefficient (Wildman–Crippen LogP) is 1.46. The van der Waals surface area contributed by atoms with Crippen molar-refractivity contribution in [2.24, 2.45) is 0 Å². The lowest BCUT2D eigenvalue weighted by molar-refractivity contribution is -0.131. The zero-order valence-electron chi connectivity index (χ0n) is 16.1. The molecule has 2 amide bonds. The molecule has 1 aromatic heterocycles. The molecule has 27 heavy (non-hydrogen) atoms. The Balaban J connectivity index is 0.00000261. The third-order valence-electron chi connectivity index (χ3n) is 5.38. The highest BCUT2D eigenvalue weighted by Gasteiger charge is 2.23. The summed E-state index contributed by atoms with van der Waals surface area (Å²) < 4.78 is 1.87. The third-order valence-corrected chi connectivity index (χ3v) is 5.38. The van der Waals surface area contributed by atoms with Gasteiger partial charge in [-0.1, -0.05) is 18.1 Å². The van der Waals surface area contributed by atoms with E-state index in [2.05, 4.69) is 20.9 Å². The lowest BCUT2D eigenvalue weighted by Crippen LogP contribution is -2.35. The van der Waals surface area contributed by atoms with Crippen LogP contribution in [0.2, 0.25) is 0 Å². The normalized spacial score (nSPS) is 18.5. The number of nitrogens with one attached hydrogen (secondary N) is 2. The fourth-order valence-electron chi connectivity index (χ4n) is 3.79. The number of aromatic nitrogens is 3. The second-order valence-corrected chi connectivity index (χ2v) is 7.25. The molecule has 0 spiro atoms. The molecule has 2 aliphatic rings. The molecule has 0 bridgehead atoms.